The lowest BCUT2D eigenvalue weighted by Crippen LogP contribution is -1.97. The topological polar surface area (TPSA) is 64.7 Å². The summed E-state index contributed by atoms with van der Waals surface area (Å²) in [5.41, 5.74) is 7.56. The zero-order chi connectivity index (χ0) is 16.7. The zero-order valence-electron chi connectivity index (χ0n) is 13.5. The first-order chi connectivity index (χ1) is 10.7. The summed E-state index contributed by atoms with van der Waals surface area (Å²) in [4.78, 5) is 14.2. The molecule has 0 unspecified atom stereocenters. The maximum atomic E-state index is 5.99. The monoisotopic (exact) mass is 380 g/mol. The van der Waals surface area contributed by atoms with Crippen molar-refractivity contribution in [3.05, 3.63) is 33.7 Å². The van der Waals surface area contributed by atoms with E-state index in [0.29, 0.717) is 11.6 Å². The fraction of sp³-hybridized carbons (Fsp3) is 0.312. The van der Waals surface area contributed by atoms with Crippen LogP contribution in [0.25, 0.3) is 21.7 Å². The molecule has 3 aromatic heterocycles. The van der Waals surface area contributed by atoms with E-state index in [9.17, 15) is 0 Å². The van der Waals surface area contributed by atoms with Crippen LogP contribution >= 0.6 is 27.3 Å². The maximum absolute atomic E-state index is 5.99. The number of pyridine rings is 1. The molecule has 3 rings (SSSR count). The number of thiophene rings is 1. The highest BCUT2D eigenvalue weighted by atomic mass is 79.9. The third-order valence-electron chi connectivity index (χ3n) is 2.56. The highest BCUT2D eigenvalue weighted by Gasteiger charge is 2.14. The van der Waals surface area contributed by atoms with Crippen molar-refractivity contribution < 1.29 is 0 Å². The van der Waals surface area contributed by atoms with Crippen LogP contribution in [0.5, 0.6) is 0 Å². The lowest BCUT2D eigenvalue weighted by Gasteiger charge is -2.01. The number of anilines is 1. The molecule has 3 heterocycles. The van der Waals surface area contributed by atoms with Gasteiger partial charge in [-0.15, -0.1) is 11.3 Å². The summed E-state index contributed by atoms with van der Waals surface area (Å²) in [6, 6.07) is 5.63. The van der Waals surface area contributed by atoms with Crippen molar-refractivity contribution in [1.29, 1.82) is 0 Å². The Morgan fingerprint density at radius 2 is 1.77 bits per heavy atom. The molecule has 0 radical (unpaired) electrons. The number of hydrogen-bond acceptors (Lipinski definition) is 5. The molecule has 0 aliphatic carbocycles. The average Bonchev–Trinajstić information content (AvgIpc) is 2.88. The van der Waals surface area contributed by atoms with Crippen LogP contribution in [0.1, 0.15) is 32.6 Å². The summed E-state index contributed by atoms with van der Waals surface area (Å²) in [6.45, 7) is 10.0. The number of rotatable bonds is 1. The van der Waals surface area contributed by atoms with Crippen molar-refractivity contribution >= 4 is 43.3 Å². The molecule has 0 bridgehead atoms. The second-order valence-electron chi connectivity index (χ2n) is 3.80. The van der Waals surface area contributed by atoms with E-state index in [-0.39, 0.29) is 0 Å². The van der Waals surface area contributed by atoms with Gasteiger partial charge < -0.3 is 5.73 Å². The van der Waals surface area contributed by atoms with Crippen molar-refractivity contribution in [2.75, 3.05) is 5.73 Å². The van der Waals surface area contributed by atoms with Gasteiger partial charge in [0, 0.05) is 11.1 Å². The van der Waals surface area contributed by atoms with Crippen LogP contribution in [-0.4, -0.2) is 15.0 Å². The van der Waals surface area contributed by atoms with Crippen LogP contribution in [0.2, 0.25) is 0 Å². The number of fused-ring (bicyclic) bond motifs is 1. The Bertz CT molecular complexity index is 726. The van der Waals surface area contributed by atoms with E-state index in [2.05, 4.69) is 30.9 Å². The highest BCUT2D eigenvalue weighted by molar-refractivity contribution is 9.10. The number of nitrogens with two attached hydrogens (primary N) is 1. The fourth-order valence-electron chi connectivity index (χ4n) is 1.69. The first-order valence-corrected chi connectivity index (χ1v) is 8.91. The first kappa shape index (κ1) is 18.5. The average molecular weight is 381 g/mol. The molecule has 118 valence electrons. The first-order valence-electron chi connectivity index (χ1n) is 7.30. The Hall–Kier alpha value is -1.53. The van der Waals surface area contributed by atoms with Gasteiger partial charge in [0.1, 0.15) is 17.0 Å². The van der Waals surface area contributed by atoms with Gasteiger partial charge in [0.15, 0.2) is 5.82 Å². The summed E-state index contributed by atoms with van der Waals surface area (Å²) in [5.74, 6) is 1.05. The molecule has 22 heavy (non-hydrogen) atoms. The quantitative estimate of drug-likeness (QED) is 0.608. The van der Waals surface area contributed by atoms with Gasteiger partial charge >= 0.3 is 0 Å². The molecule has 2 N–H and O–H groups in total. The SMILES string of the molecule is CC.CC.Cc1sc2c(N)nc(-c3ccccn3)nc2c1Br. The van der Waals surface area contributed by atoms with Crippen LogP contribution in [-0.2, 0) is 0 Å². The third-order valence-corrected chi connectivity index (χ3v) is 4.91. The molecule has 0 saturated carbocycles. The third kappa shape index (κ3) is 3.81. The lowest BCUT2D eigenvalue weighted by atomic mass is 10.3. The van der Waals surface area contributed by atoms with Crippen LogP contribution in [0, 0.1) is 6.92 Å². The molecular weight excluding hydrogens is 360 g/mol. The molecule has 0 atom stereocenters. The molecule has 0 fully saturated rings. The van der Waals surface area contributed by atoms with Gasteiger partial charge in [0.2, 0.25) is 0 Å². The Kier molecular flexibility index (Phi) is 7.41. The number of nitrogen functional groups attached to an aromatic ring is 1. The van der Waals surface area contributed by atoms with E-state index >= 15 is 0 Å². The van der Waals surface area contributed by atoms with Crippen molar-refractivity contribution in [3.63, 3.8) is 0 Å². The van der Waals surface area contributed by atoms with Gasteiger partial charge in [-0.05, 0) is 35.0 Å². The predicted molar refractivity (Wildman–Crippen MR) is 100 cm³/mol. The van der Waals surface area contributed by atoms with Crippen molar-refractivity contribution in [2.45, 2.75) is 34.6 Å². The Labute approximate surface area is 144 Å². The summed E-state index contributed by atoms with van der Waals surface area (Å²) in [5, 5.41) is 0. The van der Waals surface area contributed by atoms with Crippen LogP contribution < -0.4 is 5.73 Å². The number of nitrogens with zero attached hydrogens (tertiary/aromatic N) is 3. The van der Waals surface area contributed by atoms with E-state index in [1.54, 1.807) is 17.5 Å². The number of aryl methyl sites for hydroxylation is 1. The molecule has 0 amide bonds. The predicted octanol–water partition coefficient (Wildman–Crippen LogP) is 5.46. The van der Waals surface area contributed by atoms with Crippen LogP contribution in [0.3, 0.4) is 0 Å². The second kappa shape index (κ2) is 8.80. The van der Waals surface area contributed by atoms with E-state index in [1.165, 1.54) is 0 Å². The number of hydrogen-bond donors (Lipinski definition) is 1. The molecule has 0 spiro atoms. The molecule has 6 heteroatoms. The molecule has 4 nitrogen and oxygen atoms in total. The second-order valence-corrected chi connectivity index (χ2v) is 5.82. The minimum Gasteiger partial charge on any atom is -0.382 e. The largest absolute Gasteiger partial charge is 0.382 e. The minimum absolute atomic E-state index is 0.499. The summed E-state index contributed by atoms with van der Waals surface area (Å²) in [7, 11) is 0. The van der Waals surface area contributed by atoms with Gasteiger partial charge in [-0.25, -0.2) is 9.97 Å². The summed E-state index contributed by atoms with van der Waals surface area (Å²) < 4.78 is 1.90. The van der Waals surface area contributed by atoms with Gasteiger partial charge in [0.25, 0.3) is 0 Å². The van der Waals surface area contributed by atoms with Crippen molar-refractivity contribution in [3.8, 4) is 11.5 Å². The Morgan fingerprint density at radius 1 is 1.09 bits per heavy atom. The van der Waals surface area contributed by atoms with Crippen LogP contribution in [0.4, 0.5) is 5.82 Å². The van der Waals surface area contributed by atoms with Gasteiger partial charge in [-0.1, -0.05) is 33.8 Å². The smallest absolute Gasteiger partial charge is 0.180 e. The van der Waals surface area contributed by atoms with E-state index in [1.807, 2.05) is 52.8 Å². The summed E-state index contributed by atoms with van der Waals surface area (Å²) >= 11 is 5.13. The lowest BCUT2D eigenvalue weighted by molar-refractivity contribution is 1.18. The maximum Gasteiger partial charge on any atom is 0.180 e. The van der Waals surface area contributed by atoms with Crippen LogP contribution in [0.15, 0.2) is 28.9 Å². The molecule has 0 aliphatic rings. The molecule has 0 aliphatic heterocycles. The molecule has 3 aromatic rings. The fourth-order valence-corrected chi connectivity index (χ4v) is 3.24. The molecular formula is C16H21BrN4S. The number of aromatic nitrogens is 3. The van der Waals surface area contributed by atoms with Gasteiger partial charge in [-0.3, -0.25) is 4.98 Å². The zero-order valence-corrected chi connectivity index (χ0v) is 15.9. The Morgan fingerprint density at radius 3 is 2.36 bits per heavy atom. The number of halogens is 1. The molecule has 0 saturated heterocycles. The standard InChI is InChI=1S/C12H9BrN4S.2C2H6/c1-6-8(13)9-10(18-6)11(14)17-12(16-9)7-4-2-3-5-15-7;2*1-2/h2-5H,1H3,(H2,14,16,17);2*1-2H3. The normalized spacial score (nSPS) is 9.55. The van der Waals surface area contributed by atoms with Gasteiger partial charge in [-0.2, -0.15) is 0 Å². The van der Waals surface area contributed by atoms with Gasteiger partial charge in [0.05, 0.1) is 9.17 Å². The molecule has 0 aromatic carbocycles. The Balaban J connectivity index is 0.000000561. The highest BCUT2D eigenvalue weighted by Crippen LogP contribution is 2.37. The minimum atomic E-state index is 0.499. The van der Waals surface area contributed by atoms with E-state index < -0.39 is 0 Å². The van der Waals surface area contributed by atoms with E-state index in [0.717, 1.165) is 25.3 Å². The van der Waals surface area contributed by atoms with Crippen molar-refractivity contribution in [2.24, 2.45) is 0 Å². The summed E-state index contributed by atoms with van der Waals surface area (Å²) in [6.07, 6.45) is 1.72. The van der Waals surface area contributed by atoms with E-state index in [4.69, 9.17) is 5.73 Å². The van der Waals surface area contributed by atoms with Crippen molar-refractivity contribution in [1.82, 2.24) is 15.0 Å².